The second-order valence-electron chi connectivity index (χ2n) is 3.79. The summed E-state index contributed by atoms with van der Waals surface area (Å²) in [7, 11) is 1.37. The van der Waals surface area contributed by atoms with Crippen molar-refractivity contribution in [3.8, 4) is 0 Å². The minimum absolute atomic E-state index is 0.372. The van der Waals surface area contributed by atoms with E-state index in [9.17, 15) is 4.79 Å². The number of nitrogens with zero attached hydrogens (tertiary/aromatic N) is 2. The van der Waals surface area contributed by atoms with Crippen LogP contribution in [0.5, 0.6) is 0 Å². The molecule has 0 atom stereocenters. The van der Waals surface area contributed by atoms with Gasteiger partial charge in [0.15, 0.2) is 10.8 Å². The zero-order valence-corrected chi connectivity index (χ0v) is 11.0. The highest BCUT2D eigenvalue weighted by Crippen LogP contribution is 2.23. The monoisotopic (exact) mass is 242 g/mol. The highest BCUT2D eigenvalue weighted by atomic mass is 32.1. The largest absolute Gasteiger partial charge is 0.464 e. The van der Waals surface area contributed by atoms with Crippen molar-refractivity contribution < 1.29 is 9.53 Å². The summed E-state index contributed by atoms with van der Waals surface area (Å²) in [5.74, 6) is -0.372. The topological polar surface area (TPSA) is 42.4 Å². The second-order valence-corrected chi connectivity index (χ2v) is 4.63. The lowest BCUT2D eigenvalue weighted by molar-refractivity contribution is 0.0595. The van der Waals surface area contributed by atoms with Gasteiger partial charge in [0, 0.05) is 18.0 Å². The molecule has 0 aliphatic rings. The molecule has 16 heavy (non-hydrogen) atoms. The number of ether oxygens (including phenoxy) is 1. The fourth-order valence-corrected chi connectivity index (χ4v) is 2.36. The number of hydrogen-bond donors (Lipinski definition) is 0. The Morgan fingerprint density at radius 2 is 2.31 bits per heavy atom. The highest BCUT2D eigenvalue weighted by Gasteiger charge is 2.16. The number of carbonyl (C=O) groups is 1. The quantitative estimate of drug-likeness (QED) is 0.744. The number of hydrogen-bond acceptors (Lipinski definition) is 5. The molecule has 0 amide bonds. The third-order valence-corrected chi connectivity index (χ3v) is 3.10. The van der Waals surface area contributed by atoms with Crippen LogP contribution < -0.4 is 4.90 Å². The number of esters is 1. The molecule has 0 fully saturated rings. The van der Waals surface area contributed by atoms with E-state index >= 15 is 0 Å². The molecule has 0 N–H and O–H groups in total. The summed E-state index contributed by atoms with van der Waals surface area (Å²) in [6, 6.07) is 0.386. The van der Waals surface area contributed by atoms with Crippen molar-refractivity contribution in [3.63, 3.8) is 0 Å². The Balaban J connectivity index is 2.85. The smallest absolute Gasteiger partial charge is 0.357 e. The van der Waals surface area contributed by atoms with Crippen LogP contribution in [0.4, 0.5) is 5.13 Å². The second kappa shape index (κ2) is 5.84. The Bertz CT molecular complexity index is 350. The van der Waals surface area contributed by atoms with E-state index in [4.69, 9.17) is 0 Å². The molecule has 1 rings (SSSR count). The Kier molecular flexibility index (Phi) is 4.73. The van der Waals surface area contributed by atoms with Gasteiger partial charge in [0.1, 0.15) is 0 Å². The van der Waals surface area contributed by atoms with Gasteiger partial charge in [-0.25, -0.2) is 9.78 Å². The van der Waals surface area contributed by atoms with Crippen LogP contribution in [0.15, 0.2) is 5.38 Å². The first-order valence-electron chi connectivity index (χ1n) is 5.40. The number of rotatable bonds is 5. The zero-order chi connectivity index (χ0) is 12.1. The first-order valence-corrected chi connectivity index (χ1v) is 6.28. The van der Waals surface area contributed by atoms with Crippen molar-refractivity contribution >= 4 is 22.4 Å². The van der Waals surface area contributed by atoms with E-state index in [1.165, 1.54) is 18.4 Å². The molecule has 0 bridgehead atoms. The predicted octanol–water partition coefficient (Wildman–Crippen LogP) is 2.55. The van der Waals surface area contributed by atoms with E-state index in [0.29, 0.717) is 11.7 Å². The van der Waals surface area contributed by atoms with Crippen LogP contribution in [0, 0.1) is 0 Å². The van der Waals surface area contributed by atoms with Crippen LogP contribution >= 0.6 is 11.3 Å². The molecule has 1 heterocycles. The molecule has 0 saturated carbocycles. The maximum Gasteiger partial charge on any atom is 0.357 e. The summed E-state index contributed by atoms with van der Waals surface area (Å²) in [5.41, 5.74) is 0.393. The Morgan fingerprint density at radius 1 is 1.62 bits per heavy atom. The first kappa shape index (κ1) is 13.0. The molecule has 1 aromatic rings. The lowest BCUT2D eigenvalue weighted by atomic mass is 10.3. The van der Waals surface area contributed by atoms with E-state index in [-0.39, 0.29) is 5.97 Å². The Labute approximate surface area is 100 Å². The van der Waals surface area contributed by atoms with Gasteiger partial charge in [0.05, 0.1) is 7.11 Å². The van der Waals surface area contributed by atoms with Gasteiger partial charge in [-0.3, -0.25) is 0 Å². The molecule has 0 spiro atoms. The maximum atomic E-state index is 11.3. The summed E-state index contributed by atoms with van der Waals surface area (Å²) in [6.07, 6.45) is 1.06. The lowest BCUT2D eigenvalue weighted by Crippen LogP contribution is -2.31. The summed E-state index contributed by atoms with van der Waals surface area (Å²) < 4.78 is 4.64. The average Bonchev–Trinajstić information content (AvgIpc) is 2.73. The third-order valence-electron chi connectivity index (χ3n) is 2.22. The van der Waals surface area contributed by atoms with E-state index < -0.39 is 0 Å². The van der Waals surface area contributed by atoms with Crippen LogP contribution in [-0.4, -0.2) is 30.6 Å². The molecule has 0 unspecified atom stereocenters. The van der Waals surface area contributed by atoms with E-state index in [1.54, 1.807) is 5.38 Å². The Morgan fingerprint density at radius 3 is 2.81 bits per heavy atom. The van der Waals surface area contributed by atoms with Crippen LogP contribution in [0.2, 0.25) is 0 Å². The zero-order valence-electron chi connectivity index (χ0n) is 10.2. The van der Waals surface area contributed by atoms with E-state index in [0.717, 1.165) is 18.1 Å². The van der Waals surface area contributed by atoms with Crippen LogP contribution in [0.1, 0.15) is 37.7 Å². The number of carbonyl (C=O) groups excluding carboxylic acids is 1. The summed E-state index contributed by atoms with van der Waals surface area (Å²) >= 11 is 1.48. The Hall–Kier alpha value is -1.10. The summed E-state index contributed by atoms with van der Waals surface area (Å²) in [5, 5.41) is 2.63. The van der Waals surface area contributed by atoms with Crippen molar-refractivity contribution in [1.82, 2.24) is 4.98 Å². The van der Waals surface area contributed by atoms with E-state index in [1.807, 2.05) is 0 Å². The molecule has 0 aliphatic heterocycles. The van der Waals surface area contributed by atoms with Crippen molar-refractivity contribution in [2.24, 2.45) is 0 Å². The fraction of sp³-hybridized carbons (Fsp3) is 0.636. The average molecular weight is 242 g/mol. The van der Waals surface area contributed by atoms with Gasteiger partial charge in [-0.15, -0.1) is 11.3 Å². The van der Waals surface area contributed by atoms with Gasteiger partial charge in [0.2, 0.25) is 0 Å². The molecule has 1 aromatic heterocycles. The molecule has 90 valence electrons. The molecule has 5 heteroatoms. The van der Waals surface area contributed by atoms with Gasteiger partial charge in [-0.05, 0) is 20.3 Å². The SMILES string of the molecule is CCCN(c1nc(C(=O)OC)cs1)C(C)C. The molecular weight excluding hydrogens is 224 g/mol. The van der Waals surface area contributed by atoms with Crippen molar-refractivity contribution in [2.45, 2.75) is 33.2 Å². The first-order chi connectivity index (χ1) is 7.60. The van der Waals surface area contributed by atoms with Gasteiger partial charge in [0.25, 0.3) is 0 Å². The normalized spacial score (nSPS) is 10.6. The van der Waals surface area contributed by atoms with Gasteiger partial charge < -0.3 is 9.64 Å². The molecular formula is C11H18N2O2S. The van der Waals surface area contributed by atoms with Gasteiger partial charge >= 0.3 is 5.97 Å². The molecule has 4 nitrogen and oxygen atoms in total. The van der Waals surface area contributed by atoms with Crippen molar-refractivity contribution in [2.75, 3.05) is 18.6 Å². The summed E-state index contributed by atoms with van der Waals surface area (Å²) in [4.78, 5) is 17.8. The number of aromatic nitrogens is 1. The van der Waals surface area contributed by atoms with Crippen LogP contribution in [0.25, 0.3) is 0 Å². The molecule has 0 aliphatic carbocycles. The maximum absolute atomic E-state index is 11.3. The van der Waals surface area contributed by atoms with Crippen LogP contribution in [0.3, 0.4) is 0 Å². The summed E-state index contributed by atoms with van der Waals surface area (Å²) in [6.45, 7) is 7.32. The third kappa shape index (κ3) is 2.95. The predicted molar refractivity (Wildman–Crippen MR) is 66.2 cm³/mol. The fourth-order valence-electron chi connectivity index (χ4n) is 1.41. The standard InChI is InChI=1S/C11H18N2O2S/c1-5-6-13(8(2)3)11-12-9(7-16-11)10(14)15-4/h7-8H,5-6H2,1-4H3. The van der Waals surface area contributed by atoms with Gasteiger partial charge in [-0.2, -0.15) is 0 Å². The van der Waals surface area contributed by atoms with E-state index in [2.05, 4.69) is 35.4 Å². The minimum Gasteiger partial charge on any atom is -0.464 e. The highest BCUT2D eigenvalue weighted by molar-refractivity contribution is 7.13. The van der Waals surface area contributed by atoms with Crippen molar-refractivity contribution in [1.29, 1.82) is 0 Å². The minimum atomic E-state index is -0.372. The number of methoxy groups -OCH3 is 1. The van der Waals surface area contributed by atoms with Gasteiger partial charge in [-0.1, -0.05) is 6.92 Å². The lowest BCUT2D eigenvalue weighted by Gasteiger charge is -2.25. The molecule has 0 radical (unpaired) electrons. The number of thiazole rings is 1. The molecule has 0 aromatic carbocycles. The van der Waals surface area contributed by atoms with Crippen molar-refractivity contribution in [3.05, 3.63) is 11.1 Å². The molecule has 0 saturated heterocycles. The van der Waals surface area contributed by atoms with Crippen LogP contribution in [-0.2, 0) is 4.74 Å². The number of anilines is 1.